The highest BCUT2D eigenvalue weighted by Gasteiger charge is 2.19. The van der Waals surface area contributed by atoms with Crippen molar-refractivity contribution in [2.75, 3.05) is 7.05 Å². The van der Waals surface area contributed by atoms with Crippen LogP contribution in [0.15, 0.2) is 12.1 Å². The van der Waals surface area contributed by atoms with Crippen LogP contribution in [0.5, 0.6) is 0 Å². The molecule has 1 N–H and O–H groups in total. The summed E-state index contributed by atoms with van der Waals surface area (Å²) in [5.41, 5.74) is 3.91. The second-order valence-electron chi connectivity index (χ2n) is 6.03. The van der Waals surface area contributed by atoms with E-state index in [1.165, 1.54) is 55.2 Å². The van der Waals surface area contributed by atoms with Gasteiger partial charge >= 0.3 is 0 Å². The average molecular weight is 280 g/mol. The highest BCUT2D eigenvalue weighted by atomic mass is 35.5. The first-order valence-corrected chi connectivity index (χ1v) is 7.93. The molecular weight excluding hydrogens is 254 g/mol. The van der Waals surface area contributed by atoms with E-state index in [1.807, 2.05) is 0 Å². The maximum atomic E-state index is 6.19. The Bertz CT molecular complexity index is 422. The van der Waals surface area contributed by atoms with Crippen molar-refractivity contribution >= 4 is 11.6 Å². The zero-order chi connectivity index (χ0) is 13.8. The number of nitrogens with one attached hydrogen (secondary N) is 1. The van der Waals surface area contributed by atoms with Crippen LogP contribution in [0.2, 0.25) is 5.02 Å². The zero-order valence-electron chi connectivity index (χ0n) is 12.4. The Morgan fingerprint density at radius 2 is 1.89 bits per heavy atom. The Balaban J connectivity index is 2.05. The van der Waals surface area contributed by atoms with Gasteiger partial charge in [0.15, 0.2) is 0 Å². The Kier molecular flexibility index (Phi) is 5.29. The van der Waals surface area contributed by atoms with Gasteiger partial charge in [-0.1, -0.05) is 43.4 Å². The highest BCUT2D eigenvalue weighted by Crippen LogP contribution is 2.33. The molecule has 0 heterocycles. The smallest absolute Gasteiger partial charge is 0.0438 e. The molecule has 0 amide bonds. The van der Waals surface area contributed by atoms with Gasteiger partial charge in [0.1, 0.15) is 0 Å². The normalized spacial score (nSPS) is 17.9. The summed E-state index contributed by atoms with van der Waals surface area (Å²) in [5, 5.41) is 4.37. The Morgan fingerprint density at radius 1 is 1.21 bits per heavy atom. The molecule has 1 aliphatic carbocycles. The van der Waals surface area contributed by atoms with Crippen molar-refractivity contribution < 1.29 is 0 Å². The number of hydrogen-bond acceptors (Lipinski definition) is 1. The van der Waals surface area contributed by atoms with Crippen LogP contribution in [0.3, 0.4) is 0 Å². The lowest BCUT2D eigenvalue weighted by atomic mass is 9.92. The number of hydrogen-bond donors (Lipinski definition) is 1. The topological polar surface area (TPSA) is 12.0 Å². The first-order chi connectivity index (χ1) is 9.11. The molecule has 106 valence electrons. The van der Waals surface area contributed by atoms with Crippen molar-refractivity contribution in [2.24, 2.45) is 5.92 Å². The van der Waals surface area contributed by atoms with E-state index < -0.39 is 0 Å². The van der Waals surface area contributed by atoms with Crippen LogP contribution in [0, 0.1) is 19.8 Å². The van der Waals surface area contributed by atoms with Crippen LogP contribution in [0.4, 0.5) is 0 Å². The molecule has 2 rings (SSSR count). The van der Waals surface area contributed by atoms with Gasteiger partial charge in [-0.25, -0.2) is 0 Å². The van der Waals surface area contributed by atoms with Gasteiger partial charge in [0, 0.05) is 11.1 Å². The maximum absolute atomic E-state index is 6.19. The minimum atomic E-state index is 0.469. The standard InChI is InChI=1S/C17H26ClN/c1-12-11-16(18)13(2)10-15(12)17(19-3)9-8-14-6-4-5-7-14/h10-11,14,17,19H,4-9H2,1-3H3. The molecule has 2 heteroatoms. The fraction of sp³-hybridized carbons (Fsp3) is 0.647. The SMILES string of the molecule is CNC(CCC1CCCC1)c1cc(C)c(Cl)cc1C. The average Bonchev–Trinajstić information content (AvgIpc) is 2.89. The number of benzene rings is 1. The molecule has 1 unspecified atom stereocenters. The minimum Gasteiger partial charge on any atom is -0.313 e. The third-order valence-electron chi connectivity index (χ3n) is 4.61. The Morgan fingerprint density at radius 3 is 2.53 bits per heavy atom. The molecule has 1 aromatic rings. The number of aryl methyl sites for hydroxylation is 2. The Hall–Kier alpha value is -0.530. The molecular formula is C17H26ClN. The molecule has 0 bridgehead atoms. The third-order valence-corrected chi connectivity index (χ3v) is 5.02. The van der Waals surface area contributed by atoms with Gasteiger partial charge in [-0.15, -0.1) is 0 Å². The first-order valence-electron chi connectivity index (χ1n) is 7.55. The van der Waals surface area contributed by atoms with Crippen molar-refractivity contribution in [3.8, 4) is 0 Å². The summed E-state index contributed by atoms with van der Waals surface area (Å²) in [7, 11) is 2.07. The third kappa shape index (κ3) is 3.73. The first kappa shape index (κ1) is 14.9. The Labute approximate surface area is 122 Å². The molecule has 0 aromatic heterocycles. The van der Waals surface area contributed by atoms with Crippen LogP contribution in [0.25, 0.3) is 0 Å². The van der Waals surface area contributed by atoms with E-state index in [1.54, 1.807) is 0 Å². The van der Waals surface area contributed by atoms with Crippen molar-refractivity contribution in [2.45, 2.75) is 58.4 Å². The summed E-state index contributed by atoms with van der Waals surface area (Å²) in [6, 6.07) is 4.83. The molecule has 1 aliphatic rings. The van der Waals surface area contributed by atoms with Crippen LogP contribution in [-0.2, 0) is 0 Å². The fourth-order valence-electron chi connectivity index (χ4n) is 3.34. The minimum absolute atomic E-state index is 0.469. The highest BCUT2D eigenvalue weighted by molar-refractivity contribution is 6.31. The van der Waals surface area contributed by atoms with Gasteiger partial charge in [-0.05, 0) is 62.4 Å². The predicted molar refractivity (Wildman–Crippen MR) is 83.9 cm³/mol. The summed E-state index contributed by atoms with van der Waals surface area (Å²) >= 11 is 6.19. The monoisotopic (exact) mass is 279 g/mol. The van der Waals surface area contributed by atoms with Gasteiger partial charge in [-0.2, -0.15) is 0 Å². The largest absolute Gasteiger partial charge is 0.313 e. The van der Waals surface area contributed by atoms with Gasteiger partial charge in [0.05, 0.1) is 0 Å². The van der Waals surface area contributed by atoms with Crippen molar-refractivity contribution in [1.82, 2.24) is 5.32 Å². The van der Waals surface area contributed by atoms with Gasteiger partial charge in [0.25, 0.3) is 0 Å². The summed E-state index contributed by atoms with van der Waals surface area (Å²) in [5.74, 6) is 0.963. The van der Waals surface area contributed by atoms with Gasteiger partial charge in [0.2, 0.25) is 0 Å². The van der Waals surface area contributed by atoms with Crippen molar-refractivity contribution in [3.05, 3.63) is 33.8 Å². The molecule has 1 nitrogen and oxygen atoms in total. The number of halogens is 1. The molecule has 1 atom stereocenters. The van der Waals surface area contributed by atoms with E-state index in [-0.39, 0.29) is 0 Å². The lowest BCUT2D eigenvalue weighted by Gasteiger charge is -2.21. The fourth-order valence-corrected chi connectivity index (χ4v) is 3.55. The van der Waals surface area contributed by atoms with Crippen molar-refractivity contribution in [1.29, 1.82) is 0 Å². The summed E-state index contributed by atoms with van der Waals surface area (Å²) in [4.78, 5) is 0. The summed E-state index contributed by atoms with van der Waals surface area (Å²) in [6.45, 7) is 4.26. The molecule has 0 spiro atoms. The van der Waals surface area contributed by atoms with Gasteiger partial charge < -0.3 is 5.32 Å². The molecule has 1 saturated carbocycles. The van der Waals surface area contributed by atoms with Crippen LogP contribution in [0.1, 0.15) is 61.3 Å². The molecule has 0 radical (unpaired) electrons. The second-order valence-corrected chi connectivity index (χ2v) is 6.43. The van der Waals surface area contributed by atoms with Crippen LogP contribution in [-0.4, -0.2) is 7.05 Å². The second kappa shape index (κ2) is 6.76. The maximum Gasteiger partial charge on any atom is 0.0438 e. The zero-order valence-corrected chi connectivity index (χ0v) is 13.2. The molecule has 19 heavy (non-hydrogen) atoms. The van der Waals surface area contributed by atoms with E-state index in [0.717, 1.165) is 10.9 Å². The lowest BCUT2D eigenvalue weighted by Crippen LogP contribution is -2.18. The molecule has 0 aliphatic heterocycles. The quantitative estimate of drug-likeness (QED) is 0.782. The van der Waals surface area contributed by atoms with Crippen molar-refractivity contribution in [3.63, 3.8) is 0 Å². The molecule has 0 saturated heterocycles. The molecule has 1 fully saturated rings. The van der Waals surface area contributed by atoms with E-state index >= 15 is 0 Å². The number of rotatable bonds is 5. The summed E-state index contributed by atoms with van der Waals surface area (Å²) in [6.07, 6.45) is 8.35. The molecule has 1 aromatic carbocycles. The van der Waals surface area contributed by atoms with E-state index in [2.05, 4.69) is 38.3 Å². The summed E-state index contributed by atoms with van der Waals surface area (Å²) < 4.78 is 0. The lowest BCUT2D eigenvalue weighted by molar-refractivity contribution is 0.426. The predicted octanol–water partition coefficient (Wildman–Crippen LogP) is 5.19. The van der Waals surface area contributed by atoms with E-state index in [9.17, 15) is 0 Å². The van der Waals surface area contributed by atoms with Crippen LogP contribution >= 0.6 is 11.6 Å². The van der Waals surface area contributed by atoms with E-state index in [0.29, 0.717) is 6.04 Å². The van der Waals surface area contributed by atoms with E-state index in [4.69, 9.17) is 11.6 Å². The van der Waals surface area contributed by atoms with Gasteiger partial charge in [-0.3, -0.25) is 0 Å². The van der Waals surface area contributed by atoms with Crippen LogP contribution < -0.4 is 5.32 Å².